The van der Waals surface area contributed by atoms with Crippen molar-refractivity contribution in [2.24, 2.45) is 0 Å². The molecule has 13 heavy (non-hydrogen) atoms. The van der Waals surface area contributed by atoms with E-state index in [0.29, 0.717) is 4.41 Å². The second kappa shape index (κ2) is 6.41. The zero-order chi connectivity index (χ0) is 10.3. The Hall–Kier alpha value is -1.11. The molecule has 0 unspecified atom stereocenters. The molecule has 0 radical (unpaired) electrons. The first kappa shape index (κ1) is 11.9. The van der Waals surface area contributed by atoms with Gasteiger partial charge in [0.05, 0.1) is 13.2 Å². The highest BCUT2D eigenvalue weighted by Gasteiger charge is 2.13. The predicted molar refractivity (Wildman–Crippen MR) is 48.0 cm³/mol. The zero-order valence-corrected chi connectivity index (χ0v) is 8.34. The largest absolute Gasteiger partial charge is 0.449 e. The van der Waals surface area contributed by atoms with Crippen molar-refractivity contribution in [2.75, 3.05) is 13.2 Å². The van der Waals surface area contributed by atoms with Gasteiger partial charge in [-0.3, -0.25) is 0 Å². The van der Waals surface area contributed by atoms with Crippen molar-refractivity contribution < 1.29 is 19.1 Å². The molecule has 0 fully saturated rings. The van der Waals surface area contributed by atoms with Gasteiger partial charge in [-0.25, -0.2) is 15.0 Å². The van der Waals surface area contributed by atoms with Crippen LogP contribution < -0.4 is 5.43 Å². The highest BCUT2D eigenvalue weighted by Crippen LogP contribution is 1.93. The standard InChI is InChI=1S/C6H12N2O4S/c1-3-11-5(9)7-8(13)6(10)12-4-2/h13H,3-4H2,1-2H3,(H,7,9). The van der Waals surface area contributed by atoms with Gasteiger partial charge in [0.1, 0.15) is 0 Å². The third-order valence-electron chi connectivity index (χ3n) is 0.913. The maximum atomic E-state index is 10.8. The normalized spacial score (nSPS) is 8.85. The fourth-order valence-electron chi connectivity index (χ4n) is 0.480. The molecule has 6 nitrogen and oxygen atoms in total. The molecule has 0 heterocycles. The average molecular weight is 208 g/mol. The lowest BCUT2D eigenvalue weighted by Gasteiger charge is -2.14. The van der Waals surface area contributed by atoms with Crippen LogP contribution in [-0.4, -0.2) is 29.8 Å². The van der Waals surface area contributed by atoms with E-state index < -0.39 is 12.2 Å². The van der Waals surface area contributed by atoms with Crippen molar-refractivity contribution in [3.8, 4) is 0 Å². The summed E-state index contributed by atoms with van der Waals surface area (Å²) < 4.78 is 9.63. The number of nitrogens with zero attached hydrogens (tertiary/aromatic N) is 1. The smallest absolute Gasteiger partial charge is 0.439 e. The maximum absolute atomic E-state index is 10.8. The number of hydrogen-bond donors (Lipinski definition) is 2. The summed E-state index contributed by atoms with van der Waals surface area (Å²) in [6.07, 6.45) is -1.52. The number of hydrazine groups is 1. The van der Waals surface area contributed by atoms with E-state index in [2.05, 4.69) is 22.3 Å². The topological polar surface area (TPSA) is 67.9 Å². The molecule has 1 N–H and O–H groups in total. The molecule has 0 saturated carbocycles. The summed E-state index contributed by atoms with van der Waals surface area (Å²) in [6, 6.07) is 0. The molecule has 0 rings (SSSR count). The quantitative estimate of drug-likeness (QED) is 0.523. The van der Waals surface area contributed by atoms with Crippen LogP contribution in [0.3, 0.4) is 0 Å². The van der Waals surface area contributed by atoms with Gasteiger partial charge >= 0.3 is 12.2 Å². The Morgan fingerprint density at radius 2 is 1.85 bits per heavy atom. The molecule has 76 valence electrons. The summed E-state index contributed by atoms with van der Waals surface area (Å²) in [7, 11) is 0. The van der Waals surface area contributed by atoms with E-state index in [1.807, 2.05) is 5.43 Å². The molecule has 0 aromatic heterocycles. The monoisotopic (exact) mass is 208 g/mol. The van der Waals surface area contributed by atoms with Gasteiger partial charge in [-0.2, -0.15) is 4.41 Å². The summed E-state index contributed by atoms with van der Waals surface area (Å²) >= 11 is 3.64. The maximum Gasteiger partial charge on any atom is 0.439 e. The summed E-state index contributed by atoms with van der Waals surface area (Å²) in [5.74, 6) is 0. The lowest BCUT2D eigenvalue weighted by molar-refractivity contribution is 0.107. The van der Waals surface area contributed by atoms with Crippen molar-refractivity contribution in [3.05, 3.63) is 0 Å². The van der Waals surface area contributed by atoms with Gasteiger partial charge in [0, 0.05) is 0 Å². The van der Waals surface area contributed by atoms with E-state index >= 15 is 0 Å². The van der Waals surface area contributed by atoms with Crippen LogP contribution in [0.4, 0.5) is 9.59 Å². The highest BCUT2D eigenvalue weighted by molar-refractivity contribution is 7.78. The molecule has 0 saturated heterocycles. The summed E-state index contributed by atoms with van der Waals surface area (Å²) in [6.45, 7) is 3.72. The molecule has 0 bridgehead atoms. The summed E-state index contributed by atoms with van der Waals surface area (Å²) in [4.78, 5) is 21.6. The lowest BCUT2D eigenvalue weighted by atomic mass is 10.9. The summed E-state index contributed by atoms with van der Waals surface area (Å²) in [5.41, 5.74) is 2.03. The SMILES string of the molecule is CCOC(=O)NN(S)C(=O)OCC. The van der Waals surface area contributed by atoms with E-state index in [0.717, 1.165) is 0 Å². The van der Waals surface area contributed by atoms with E-state index in [1.54, 1.807) is 13.8 Å². The number of nitrogens with one attached hydrogen (secondary N) is 1. The predicted octanol–water partition coefficient (Wildman–Crippen LogP) is 0.951. The Morgan fingerprint density at radius 1 is 1.31 bits per heavy atom. The Balaban J connectivity index is 3.78. The van der Waals surface area contributed by atoms with E-state index in [-0.39, 0.29) is 13.2 Å². The lowest BCUT2D eigenvalue weighted by Crippen LogP contribution is -2.40. The van der Waals surface area contributed by atoms with Crippen LogP contribution in [0.25, 0.3) is 0 Å². The Kier molecular flexibility index (Phi) is 5.86. The Labute approximate surface area is 81.7 Å². The molecule has 0 aromatic carbocycles. The van der Waals surface area contributed by atoms with Crippen LogP contribution in [0.5, 0.6) is 0 Å². The van der Waals surface area contributed by atoms with Crippen molar-refractivity contribution in [1.29, 1.82) is 0 Å². The minimum Gasteiger partial charge on any atom is -0.449 e. The molecular formula is C6H12N2O4S. The number of carbonyl (C=O) groups is 2. The first-order valence-electron chi connectivity index (χ1n) is 3.71. The van der Waals surface area contributed by atoms with Gasteiger partial charge in [-0.1, -0.05) is 0 Å². The van der Waals surface area contributed by atoms with Crippen molar-refractivity contribution in [2.45, 2.75) is 13.8 Å². The average Bonchev–Trinajstić information content (AvgIpc) is 2.05. The van der Waals surface area contributed by atoms with Crippen LogP contribution in [0.2, 0.25) is 0 Å². The Morgan fingerprint density at radius 3 is 2.31 bits per heavy atom. The van der Waals surface area contributed by atoms with Crippen LogP contribution in [0, 0.1) is 0 Å². The molecule has 0 atom stereocenters. The van der Waals surface area contributed by atoms with Crippen LogP contribution >= 0.6 is 12.8 Å². The summed E-state index contributed by atoms with van der Waals surface area (Å²) in [5, 5.41) is 0. The van der Waals surface area contributed by atoms with Crippen molar-refractivity contribution in [3.63, 3.8) is 0 Å². The molecule has 0 spiro atoms. The van der Waals surface area contributed by atoms with E-state index in [9.17, 15) is 9.59 Å². The number of carbonyl (C=O) groups excluding carboxylic acids is 2. The Bertz CT molecular complexity index is 187. The molecule has 0 aromatic rings. The molecule has 2 amide bonds. The van der Waals surface area contributed by atoms with Gasteiger partial charge in [-0.05, 0) is 26.7 Å². The van der Waals surface area contributed by atoms with Crippen LogP contribution in [0.15, 0.2) is 0 Å². The zero-order valence-electron chi connectivity index (χ0n) is 7.44. The minimum atomic E-state index is -0.765. The van der Waals surface area contributed by atoms with Gasteiger partial charge in [0.15, 0.2) is 0 Å². The first-order valence-corrected chi connectivity index (χ1v) is 4.11. The van der Waals surface area contributed by atoms with Crippen molar-refractivity contribution in [1.82, 2.24) is 9.84 Å². The fraction of sp³-hybridized carbons (Fsp3) is 0.667. The van der Waals surface area contributed by atoms with Gasteiger partial charge in [0.2, 0.25) is 0 Å². The van der Waals surface area contributed by atoms with Gasteiger partial charge in [0.25, 0.3) is 0 Å². The third kappa shape index (κ3) is 5.18. The first-order chi connectivity index (χ1) is 6.11. The molecule has 0 aliphatic rings. The fourth-order valence-corrected chi connectivity index (χ4v) is 0.619. The molecule has 7 heteroatoms. The molecule has 0 aliphatic heterocycles. The van der Waals surface area contributed by atoms with Gasteiger partial charge in [-0.15, -0.1) is 0 Å². The second-order valence-electron chi connectivity index (χ2n) is 1.84. The number of amides is 2. The van der Waals surface area contributed by atoms with Crippen molar-refractivity contribution >= 4 is 25.0 Å². The number of ether oxygens (including phenoxy) is 2. The molecular weight excluding hydrogens is 196 g/mol. The van der Waals surface area contributed by atoms with Crippen LogP contribution in [0.1, 0.15) is 13.8 Å². The highest BCUT2D eigenvalue weighted by atomic mass is 32.1. The van der Waals surface area contributed by atoms with E-state index in [4.69, 9.17) is 0 Å². The molecule has 0 aliphatic carbocycles. The number of hydrogen-bond acceptors (Lipinski definition) is 5. The van der Waals surface area contributed by atoms with E-state index in [1.165, 1.54) is 0 Å². The third-order valence-corrected chi connectivity index (χ3v) is 1.18. The number of rotatable bonds is 2. The number of thiol groups is 1. The van der Waals surface area contributed by atoms with Gasteiger partial charge < -0.3 is 9.47 Å². The minimum absolute atomic E-state index is 0.209. The van der Waals surface area contributed by atoms with Crippen LogP contribution in [-0.2, 0) is 9.47 Å². The second-order valence-corrected chi connectivity index (χ2v) is 2.24.